The molecule has 0 saturated carbocycles. The van der Waals surface area contributed by atoms with Crippen LogP contribution >= 0.6 is 0 Å². The number of allylic oxidation sites excluding steroid dienone is 1. The largest absolute Gasteiger partial charge is 0.456 e. The second-order valence-electron chi connectivity index (χ2n) is 5.49. The summed E-state index contributed by atoms with van der Waals surface area (Å²) in [5, 5.41) is 2.68. The van der Waals surface area contributed by atoms with E-state index < -0.39 is 18.2 Å². The number of rotatable bonds is 10. The summed E-state index contributed by atoms with van der Waals surface area (Å²) in [4.78, 5) is 23.5. The van der Waals surface area contributed by atoms with Gasteiger partial charge in [0.05, 0.1) is 12.2 Å². The van der Waals surface area contributed by atoms with Gasteiger partial charge in [-0.2, -0.15) is 0 Å². The van der Waals surface area contributed by atoms with Gasteiger partial charge >= 0.3 is 12.1 Å². The van der Waals surface area contributed by atoms with Gasteiger partial charge in [-0.1, -0.05) is 30.4 Å². The lowest BCUT2D eigenvalue weighted by atomic mass is 10.1. The van der Waals surface area contributed by atoms with Gasteiger partial charge < -0.3 is 24.3 Å². The number of hydrogen-bond acceptors (Lipinski definition) is 6. The first kappa shape index (κ1) is 19.0. The minimum absolute atomic E-state index is 0.187. The number of esters is 1. The molecule has 7 heteroatoms. The van der Waals surface area contributed by atoms with Crippen LogP contribution in [0.4, 0.5) is 4.79 Å². The van der Waals surface area contributed by atoms with Crippen LogP contribution in [0.25, 0.3) is 0 Å². The van der Waals surface area contributed by atoms with Crippen molar-refractivity contribution in [2.24, 2.45) is 0 Å². The van der Waals surface area contributed by atoms with E-state index in [-0.39, 0.29) is 19.4 Å². The highest BCUT2D eigenvalue weighted by Crippen LogP contribution is 2.15. The van der Waals surface area contributed by atoms with Gasteiger partial charge in [-0.25, -0.2) is 9.59 Å². The Bertz CT molecular complexity index is 574. The van der Waals surface area contributed by atoms with Crippen molar-refractivity contribution in [1.29, 1.82) is 0 Å². The van der Waals surface area contributed by atoms with Crippen LogP contribution in [0.3, 0.4) is 0 Å². The van der Waals surface area contributed by atoms with Crippen molar-refractivity contribution in [3.8, 4) is 0 Å². The van der Waals surface area contributed by atoms with Gasteiger partial charge in [0, 0.05) is 7.11 Å². The van der Waals surface area contributed by atoms with E-state index in [1.165, 1.54) is 0 Å². The van der Waals surface area contributed by atoms with E-state index in [0.29, 0.717) is 25.0 Å². The lowest BCUT2D eigenvalue weighted by molar-refractivity contribution is -0.0187. The topological polar surface area (TPSA) is 83.1 Å². The lowest BCUT2D eigenvalue weighted by Crippen LogP contribution is -2.41. The molecule has 1 saturated heterocycles. The second-order valence-corrected chi connectivity index (χ2v) is 5.49. The Kier molecular flexibility index (Phi) is 7.94. The molecule has 1 aromatic carbocycles. The van der Waals surface area contributed by atoms with Crippen molar-refractivity contribution in [2.45, 2.75) is 25.0 Å². The van der Waals surface area contributed by atoms with Crippen LogP contribution in [0.5, 0.6) is 0 Å². The number of benzene rings is 1. The monoisotopic (exact) mass is 349 g/mol. The van der Waals surface area contributed by atoms with E-state index in [0.717, 1.165) is 0 Å². The molecule has 25 heavy (non-hydrogen) atoms. The predicted octanol–water partition coefficient (Wildman–Crippen LogP) is 2.28. The zero-order valence-corrected chi connectivity index (χ0v) is 14.2. The third-order valence-corrected chi connectivity index (χ3v) is 3.61. The Morgan fingerprint density at radius 3 is 2.84 bits per heavy atom. The fourth-order valence-electron chi connectivity index (χ4n) is 2.37. The van der Waals surface area contributed by atoms with E-state index in [1.54, 1.807) is 31.4 Å². The van der Waals surface area contributed by atoms with Crippen LogP contribution in [-0.2, 0) is 18.9 Å². The lowest BCUT2D eigenvalue weighted by Gasteiger charge is -2.21. The molecule has 0 spiro atoms. The highest BCUT2D eigenvalue weighted by Gasteiger charge is 2.32. The summed E-state index contributed by atoms with van der Waals surface area (Å²) in [7, 11) is 1.56. The summed E-state index contributed by atoms with van der Waals surface area (Å²) in [6.45, 7) is 0.880. The molecule has 1 fully saturated rings. The van der Waals surface area contributed by atoms with E-state index in [4.69, 9.17) is 18.9 Å². The van der Waals surface area contributed by atoms with Crippen molar-refractivity contribution >= 4 is 12.1 Å². The molecule has 0 radical (unpaired) electrons. The number of amides is 1. The summed E-state index contributed by atoms with van der Waals surface area (Å²) >= 11 is 0. The SMILES string of the molecule is COCOC/C=C\CC[C@H](OC(=O)c1ccccc1)[C@H]1COC(=O)N1. The molecule has 1 aromatic rings. The molecule has 0 aliphatic carbocycles. The summed E-state index contributed by atoms with van der Waals surface area (Å²) < 4.78 is 20.4. The highest BCUT2D eigenvalue weighted by atomic mass is 16.7. The van der Waals surface area contributed by atoms with Gasteiger partial charge in [0.1, 0.15) is 25.5 Å². The summed E-state index contributed by atoms with van der Waals surface area (Å²) in [5.41, 5.74) is 0.473. The zero-order chi connectivity index (χ0) is 17.9. The van der Waals surface area contributed by atoms with Crippen molar-refractivity contribution in [1.82, 2.24) is 5.32 Å². The molecule has 0 bridgehead atoms. The van der Waals surface area contributed by atoms with E-state index >= 15 is 0 Å². The van der Waals surface area contributed by atoms with Crippen molar-refractivity contribution in [3.05, 3.63) is 48.0 Å². The van der Waals surface area contributed by atoms with Gasteiger partial charge in [-0.3, -0.25) is 0 Å². The number of nitrogens with one attached hydrogen (secondary N) is 1. The molecule has 1 N–H and O–H groups in total. The number of carbonyl (C=O) groups is 2. The number of cyclic esters (lactones) is 1. The Morgan fingerprint density at radius 1 is 1.36 bits per heavy atom. The summed E-state index contributed by atoms with van der Waals surface area (Å²) in [6.07, 6.45) is 4.09. The minimum Gasteiger partial charge on any atom is -0.456 e. The minimum atomic E-state index is -0.491. The Balaban J connectivity index is 1.87. The summed E-state index contributed by atoms with van der Waals surface area (Å²) in [5.74, 6) is -0.417. The van der Waals surface area contributed by atoms with Crippen LogP contribution in [0.2, 0.25) is 0 Å². The Labute approximate surface area is 146 Å². The molecule has 1 aliphatic heterocycles. The van der Waals surface area contributed by atoms with Gasteiger partial charge in [0.25, 0.3) is 0 Å². The molecular weight excluding hydrogens is 326 g/mol. The van der Waals surface area contributed by atoms with Gasteiger partial charge in [0.2, 0.25) is 0 Å². The summed E-state index contributed by atoms with van der Waals surface area (Å²) in [6, 6.07) is 8.41. The first-order valence-electron chi connectivity index (χ1n) is 8.11. The molecule has 1 heterocycles. The molecule has 7 nitrogen and oxygen atoms in total. The maximum atomic E-state index is 12.3. The number of hydrogen-bond donors (Lipinski definition) is 1. The van der Waals surface area contributed by atoms with Crippen LogP contribution in [0.1, 0.15) is 23.2 Å². The molecule has 1 amide bonds. The molecule has 2 rings (SSSR count). The Hall–Kier alpha value is -2.38. The molecule has 0 unspecified atom stereocenters. The van der Waals surface area contributed by atoms with Gasteiger partial charge in [-0.05, 0) is 25.0 Å². The second kappa shape index (κ2) is 10.5. The average Bonchev–Trinajstić information content (AvgIpc) is 3.07. The quantitative estimate of drug-likeness (QED) is 0.302. The normalized spacial score (nSPS) is 18.0. The zero-order valence-electron chi connectivity index (χ0n) is 14.2. The van der Waals surface area contributed by atoms with Crippen LogP contribution in [-0.4, -0.2) is 51.3 Å². The standard InChI is InChI=1S/C18H23NO6/c1-22-13-23-11-7-3-6-10-16(15-12-24-18(21)19-15)25-17(20)14-8-4-2-5-9-14/h2-5,7-9,15-16H,6,10-13H2,1H3,(H,19,21)/b7-3-/t15-,16+/m1/s1. The van der Waals surface area contributed by atoms with Crippen molar-refractivity contribution in [2.75, 3.05) is 27.1 Å². The number of ether oxygens (including phenoxy) is 4. The van der Waals surface area contributed by atoms with Gasteiger partial charge in [-0.15, -0.1) is 0 Å². The maximum absolute atomic E-state index is 12.3. The molecule has 2 atom stereocenters. The molecule has 1 aliphatic rings. The fourth-order valence-corrected chi connectivity index (χ4v) is 2.37. The smallest absolute Gasteiger partial charge is 0.407 e. The maximum Gasteiger partial charge on any atom is 0.407 e. The van der Waals surface area contributed by atoms with Crippen molar-refractivity contribution < 1.29 is 28.5 Å². The van der Waals surface area contributed by atoms with Crippen LogP contribution in [0, 0.1) is 0 Å². The van der Waals surface area contributed by atoms with Crippen molar-refractivity contribution in [3.63, 3.8) is 0 Å². The fraction of sp³-hybridized carbons (Fsp3) is 0.444. The Morgan fingerprint density at radius 2 is 2.16 bits per heavy atom. The van der Waals surface area contributed by atoms with E-state index in [2.05, 4.69) is 5.32 Å². The third kappa shape index (κ3) is 6.56. The molecular formula is C18H23NO6. The highest BCUT2D eigenvalue weighted by molar-refractivity contribution is 5.89. The van der Waals surface area contributed by atoms with E-state index in [9.17, 15) is 9.59 Å². The number of methoxy groups -OCH3 is 1. The molecule has 136 valence electrons. The van der Waals surface area contributed by atoms with Crippen LogP contribution in [0.15, 0.2) is 42.5 Å². The first-order valence-corrected chi connectivity index (χ1v) is 8.11. The predicted molar refractivity (Wildman–Crippen MR) is 90.1 cm³/mol. The van der Waals surface area contributed by atoms with Gasteiger partial charge in [0.15, 0.2) is 0 Å². The first-order chi connectivity index (χ1) is 12.2. The number of carbonyl (C=O) groups excluding carboxylic acids is 2. The third-order valence-electron chi connectivity index (χ3n) is 3.61. The molecule has 0 aromatic heterocycles. The van der Waals surface area contributed by atoms with Crippen LogP contribution < -0.4 is 5.32 Å². The number of alkyl carbamates (subject to hydrolysis) is 1. The average molecular weight is 349 g/mol. The van der Waals surface area contributed by atoms with E-state index in [1.807, 2.05) is 18.2 Å².